The molecule has 2 aliphatic carbocycles. The number of hydrogen-bond donors (Lipinski definition) is 0. The zero-order chi connectivity index (χ0) is 30.7. The molecular weight excluding hydrogens is 561 g/mol. The third-order valence-corrected chi connectivity index (χ3v) is 18.2. The van der Waals surface area contributed by atoms with E-state index in [9.17, 15) is 0 Å². The molecule has 2 aliphatic rings. The highest BCUT2D eigenvalue weighted by Gasteiger charge is 2.40. The topological polar surface area (TPSA) is 9.86 Å². The molecule has 3 heteroatoms. The lowest BCUT2D eigenvalue weighted by Crippen LogP contribution is -2.65. The normalized spacial score (nSPS) is 17.6. The minimum Gasteiger partial charge on any atom is -0.338 e. The highest BCUT2D eigenvalue weighted by Crippen LogP contribution is 2.49. The van der Waals surface area contributed by atoms with Crippen LogP contribution in [-0.4, -0.2) is 17.2 Å². The Morgan fingerprint density at radius 3 is 1.24 bits per heavy atom. The van der Waals surface area contributed by atoms with Gasteiger partial charge in [-0.25, -0.2) is 0 Å². The van der Waals surface area contributed by atoms with Crippen molar-refractivity contribution in [3.05, 3.63) is 84.9 Å². The number of nitrogens with zero attached hydrogens (tertiary/aromatic N) is 2. The fraction of sp³-hybridized carbons (Fsp3) is 0.429. The van der Waals surface area contributed by atoms with Gasteiger partial charge in [0.15, 0.2) is 0 Å². The van der Waals surface area contributed by atoms with Crippen molar-refractivity contribution in [3.63, 3.8) is 0 Å². The molecule has 0 radical (unpaired) electrons. The van der Waals surface area contributed by atoms with Gasteiger partial charge in [0.2, 0.25) is 0 Å². The highest BCUT2D eigenvalue weighted by molar-refractivity contribution is 7.04. The van der Waals surface area contributed by atoms with Crippen molar-refractivity contribution >= 4 is 62.1 Å². The van der Waals surface area contributed by atoms with Crippen molar-refractivity contribution in [3.8, 4) is 0 Å². The molecular formula is C42H50N2Si-. The maximum atomic E-state index is 2.73. The van der Waals surface area contributed by atoms with E-state index >= 15 is 0 Å². The fourth-order valence-electron chi connectivity index (χ4n) is 10.2. The molecule has 0 amide bonds. The first-order valence-electron chi connectivity index (χ1n) is 18.1. The number of fused-ring (bicyclic) bond motifs is 6. The van der Waals surface area contributed by atoms with E-state index in [0.717, 1.165) is 11.1 Å². The van der Waals surface area contributed by atoms with Crippen LogP contribution in [0.25, 0.3) is 43.6 Å². The van der Waals surface area contributed by atoms with E-state index in [4.69, 9.17) is 0 Å². The maximum Gasteiger partial charge on any atom is 0.0493 e. The summed E-state index contributed by atoms with van der Waals surface area (Å²) in [6.45, 7) is 9.46. The predicted molar refractivity (Wildman–Crippen MR) is 198 cm³/mol. The van der Waals surface area contributed by atoms with Gasteiger partial charge >= 0.3 is 0 Å². The van der Waals surface area contributed by atoms with Gasteiger partial charge in [0, 0.05) is 55.7 Å². The summed E-state index contributed by atoms with van der Waals surface area (Å²) in [6.07, 6.45) is 14.0. The van der Waals surface area contributed by atoms with Gasteiger partial charge in [0.1, 0.15) is 0 Å². The number of benzene rings is 4. The Morgan fingerprint density at radius 1 is 0.467 bits per heavy atom. The third-order valence-electron chi connectivity index (χ3n) is 11.9. The Labute approximate surface area is 270 Å². The van der Waals surface area contributed by atoms with Crippen LogP contribution in [0.4, 0.5) is 0 Å². The van der Waals surface area contributed by atoms with E-state index < -0.39 is 8.07 Å². The lowest BCUT2D eigenvalue weighted by molar-refractivity contribution is 0.459. The van der Waals surface area contributed by atoms with E-state index in [1.54, 1.807) is 10.4 Å². The molecule has 2 fully saturated rings. The van der Waals surface area contributed by atoms with Crippen molar-refractivity contribution in [2.24, 2.45) is 0 Å². The summed E-state index contributed by atoms with van der Waals surface area (Å²) < 4.78 is 5.27. The molecule has 2 aromatic heterocycles. The molecule has 0 spiro atoms. The summed E-state index contributed by atoms with van der Waals surface area (Å²) in [6, 6.07) is 34.8. The molecule has 2 heterocycles. The van der Waals surface area contributed by atoms with E-state index in [-0.39, 0.29) is 0 Å². The molecule has 0 aliphatic heterocycles. The van der Waals surface area contributed by atoms with Crippen LogP contribution in [0.1, 0.15) is 104 Å². The first kappa shape index (κ1) is 29.1. The second-order valence-electron chi connectivity index (χ2n) is 15.0. The zero-order valence-electron chi connectivity index (χ0n) is 27.9. The largest absolute Gasteiger partial charge is 0.338 e. The van der Waals surface area contributed by atoms with Gasteiger partial charge in [0.05, 0.1) is 0 Å². The Hall–Kier alpha value is -3.30. The predicted octanol–water partition coefficient (Wildman–Crippen LogP) is 11.3. The van der Waals surface area contributed by atoms with Crippen molar-refractivity contribution in [2.75, 3.05) is 0 Å². The maximum absolute atomic E-state index is 2.73. The lowest BCUT2D eigenvalue weighted by Gasteiger charge is -2.59. The molecule has 8 rings (SSSR count). The molecule has 45 heavy (non-hydrogen) atoms. The van der Waals surface area contributed by atoms with Gasteiger partial charge in [0.25, 0.3) is 0 Å². The molecule has 0 saturated heterocycles. The fourth-order valence-corrected chi connectivity index (χ4v) is 17.2. The Balaban J connectivity index is 1.46. The molecule has 4 aromatic carbocycles. The van der Waals surface area contributed by atoms with Crippen LogP contribution in [0.3, 0.4) is 0 Å². The minimum atomic E-state index is -2.22. The van der Waals surface area contributed by atoms with Gasteiger partial charge in [-0.05, 0) is 39.8 Å². The van der Waals surface area contributed by atoms with Crippen LogP contribution >= 0.6 is 0 Å². The molecule has 2 nitrogen and oxygen atoms in total. The quantitative estimate of drug-likeness (QED) is 0.166. The van der Waals surface area contributed by atoms with Gasteiger partial charge < -0.3 is 9.13 Å². The smallest absolute Gasteiger partial charge is 0.0493 e. The molecule has 0 unspecified atom stereocenters. The van der Waals surface area contributed by atoms with E-state index in [2.05, 4.69) is 122 Å². The second kappa shape index (κ2) is 11.5. The summed E-state index contributed by atoms with van der Waals surface area (Å²) in [5.41, 5.74) is 7.26. The third kappa shape index (κ3) is 4.48. The average Bonchev–Trinajstić information content (AvgIpc) is 3.59. The first-order valence-corrected chi connectivity index (χ1v) is 20.2. The van der Waals surface area contributed by atoms with Crippen LogP contribution in [-0.2, 0) is 0 Å². The minimum absolute atomic E-state index is 0.418. The van der Waals surface area contributed by atoms with Crippen molar-refractivity contribution in [1.29, 1.82) is 0 Å². The molecule has 0 bridgehead atoms. The SMILES string of the molecule is CC(C)n1c2ccccc2c2ccc([Si-](c3ccc4c5ccccc5n(C(C)C)c4c3)(C3CCCCC3)C3CCCCC3)cc21. The van der Waals surface area contributed by atoms with Gasteiger partial charge in [-0.15, -0.1) is 11.1 Å². The van der Waals surface area contributed by atoms with Crippen LogP contribution in [0.5, 0.6) is 0 Å². The Morgan fingerprint density at radius 2 is 0.844 bits per heavy atom. The van der Waals surface area contributed by atoms with Crippen LogP contribution < -0.4 is 10.4 Å². The second-order valence-corrected chi connectivity index (χ2v) is 19.5. The standard InChI is InChI=1S/C42H50N2Si/c1-29(2)43-39-21-13-11-19-35(39)37-25-23-33(27-41(37)43)45(31-15-7-5-8-16-31,32-17-9-6-10-18-32)34-24-26-38-36-20-12-14-22-40(36)44(30(3)4)42(38)28-34/h11-14,19-32H,5-10,15-18H2,1-4H3/q-1. The summed E-state index contributed by atoms with van der Waals surface area (Å²) >= 11 is 0. The van der Waals surface area contributed by atoms with Crippen LogP contribution in [0, 0.1) is 0 Å². The van der Waals surface area contributed by atoms with Crippen molar-refractivity contribution < 1.29 is 0 Å². The van der Waals surface area contributed by atoms with E-state index in [0.29, 0.717) is 12.1 Å². The van der Waals surface area contributed by atoms with E-state index in [1.165, 1.54) is 108 Å². The zero-order valence-corrected chi connectivity index (χ0v) is 28.9. The first-order chi connectivity index (χ1) is 22.0. The molecule has 6 aromatic rings. The summed E-state index contributed by atoms with van der Waals surface area (Å²) in [5, 5.41) is 9.08. The van der Waals surface area contributed by atoms with Crippen LogP contribution in [0.2, 0.25) is 11.1 Å². The Kier molecular flexibility index (Phi) is 7.44. The molecule has 233 valence electrons. The van der Waals surface area contributed by atoms with Gasteiger partial charge in [-0.1, -0.05) is 145 Å². The summed E-state index contributed by atoms with van der Waals surface area (Å²) in [7, 11) is -2.22. The summed E-state index contributed by atoms with van der Waals surface area (Å²) in [4.78, 5) is 0. The number of rotatable bonds is 6. The lowest BCUT2D eigenvalue weighted by atomic mass is 9.99. The average molecular weight is 611 g/mol. The van der Waals surface area contributed by atoms with Gasteiger partial charge in [-0.2, -0.15) is 10.4 Å². The molecule has 2 saturated carbocycles. The monoisotopic (exact) mass is 610 g/mol. The molecule has 0 N–H and O–H groups in total. The summed E-state index contributed by atoms with van der Waals surface area (Å²) in [5.74, 6) is 0. The highest BCUT2D eigenvalue weighted by atomic mass is 28.3. The number of para-hydroxylation sites is 2. The number of hydrogen-bond acceptors (Lipinski definition) is 0. The van der Waals surface area contributed by atoms with Crippen molar-refractivity contribution in [2.45, 2.75) is 115 Å². The van der Waals surface area contributed by atoms with Crippen molar-refractivity contribution in [1.82, 2.24) is 9.13 Å². The Bertz CT molecular complexity index is 1850. The molecule has 0 atom stereocenters. The van der Waals surface area contributed by atoms with E-state index in [1.807, 2.05) is 0 Å². The van der Waals surface area contributed by atoms with Crippen LogP contribution in [0.15, 0.2) is 84.9 Å². The van der Waals surface area contributed by atoms with Gasteiger partial charge in [-0.3, -0.25) is 0 Å². The number of aromatic nitrogens is 2.